The summed E-state index contributed by atoms with van der Waals surface area (Å²) >= 11 is 0. The minimum Gasteiger partial charge on any atom is -0.497 e. The molecule has 0 aliphatic carbocycles. The predicted molar refractivity (Wildman–Crippen MR) is 154 cm³/mol. The maximum Gasteiger partial charge on any atom is 0.167 e. The predicted octanol–water partition coefficient (Wildman–Crippen LogP) is 6.56. The number of aromatic nitrogens is 3. The molecule has 0 fully saturated rings. The zero-order chi connectivity index (χ0) is 27.7. The largest absolute Gasteiger partial charge is 0.497 e. The molecule has 0 saturated carbocycles. The van der Waals surface area contributed by atoms with Crippen LogP contribution in [0.1, 0.15) is 56.9 Å². The lowest BCUT2D eigenvalue weighted by atomic mass is 9.96. The number of nitrogens with zero attached hydrogens (tertiary/aromatic N) is 3. The molecule has 5 rings (SSSR count). The molecule has 1 N–H and O–H groups in total. The fraction of sp³-hybridized carbons (Fsp3) is 0.242. The number of carbonyl (C=O) groups excluding carboxylic acids is 1. The normalized spacial score (nSPS) is 12.1. The van der Waals surface area contributed by atoms with Gasteiger partial charge in [0.15, 0.2) is 11.4 Å². The second-order valence-electron chi connectivity index (χ2n) is 10.3. The molecule has 5 aromatic rings. The van der Waals surface area contributed by atoms with Crippen molar-refractivity contribution >= 4 is 16.8 Å². The zero-order valence-corrected chi connectivity index (χ0v) is 23.0. The number of benzene rings is 3. The average Bonchev–Trinajstić information content (AvgIpc) is 3.27. The number of ketones is 1. The molecule has 39 heavy (non-hydrogen) atoms. The van der Waals surface area contributed by atoms with Crippen LogP contribution >= 0.6 is 0 Å². The molecule has 0 amide bonds. The van der Waals surface area contributed by atoms with Gasteiger partial charge in [-0.15, -0.1) is 0 Å². The van der Waals surface area contributed by atoms with E-state index in [1.54, 1.807) is 14.0 Å². The SMILES string of the molecule is COc1ccc(Cn2nc(C(C)O)c3ccc(-c4cc(CC(=O)c5cc(C)cc(C)c5)ccc4C)nc32)cc1. The molecule has 0 aliphatic heterocycles. The van der Waals surface area contributed by atoms with Gasteiger partial charge in [-0.25, -0.2) is 9.67 Å². The van der Waals surface area contributed by atoms with Crippen molar-refractivity contribution in [2.45, 2.75) is 46.8 Å². The summed E-state index contributed by atoms with van der Waals surface area (Å²) in [5.41, 5.74) is 9.05. The van der Waals surface area contributed by atoms with E-state index in [4.69, 9.17) is 14.8 Å². The summed E-state index contributed by atoms with van der Waals surface area (Å²) in [5.74, 6) is 0.889. The summed E-state index contributed by atoms with van der Waals surface area (Å²) in [7, 11) is 1.65. The maximum absolute atomic E-state index is 13.1. The van der Waals surface area contributed by atoms with E-state index in [1.165, 1.54) is 0 Å². The highest BCUT2D eigenvalue weighted by molar-refractivity contribution is 5.98. The van der Waals surface area contributed by atoms with Gasteiger partial charge in [0, 0.05) is 22.9 Å². The second kappa shape index (κ2) is 10.8. The summed E-state index contributed by atoms with van der Waals surface area (Å²) in [6, 6.07) is 23.9. The first-order valence-corrected chi connectivity index (χ1v) is 13.1. The van der Waals surface area contributed by atoms with Gasteiger partial charge in [-0.3, -0.25) is 4.79 Å². The standard InChI is InChI=1S/C33H33N3O3/c1-20-14-21(2)16-26(15-20)31(38)18-25-7-6-22(3)29(17-25)30-13-12-28-32(23(4)37)35-36(33(28)34-30)19-24-8-10-27(39-5)11-9-24/h6-17,23,37H,18-19H2,1-5H3. The molecule has 2 heterocycles. The number of aliphatic hydroxyl groups is 1. The van der Waals surface area contributed by atoms with Crippen LogP contribution < -0.4 is 4.74 Å². The van der Waals surface area contributed by atoms with Crippen molar-refractivity contribution in [3.63, 3.8) is 0 Å². The Labute approximate surface area is 228 Å². The molecule has 3 aromatic carbocycles. The van der Waals surface area contributed by atoms with Crippen molar-refractivity contribution in [1.29, 1.82) is 0 Å². The van der Waals surface area contributed by atoms with E-state index in [1.807, 2.05) is 86.1 Å². The lowest BCUT2D eigenvalue weighted by Gasteiger charge is -2.10. The van der Waals surface area contributed by atoms with Crippen LogP contribution in [-0.2, 0) is 13.0 Å². The summed E-state index contributed by atoms with van der Waals surface area (Å²) in [4.78, 5) is 18.1. The number of Topliss-reactive ketones (excluding diaryl/α,β-unsaturated/α-hetero) is 1. The van der Waals surface area contributed by atoms with E-state index in [9.17, 15) is 9.90 Å². The third kappa shape index (κ3) is 5.61. The van der Waals surface area contributed by atoms with Crippen LogP contribution in [0.4, 0.5) is 0 Å². The van der Waals surface area contributed by atoms with Crippen molar-refractivity contribution < 1.29 is 14.6 Å². The molecule has 0 aliphatic rings. The number of fused-ring (bicyclic) bond motifs is 1. The summed E-state index contributed by atoms with van der Waals surface area (Å²) in [5, 5.41) is 15.9. The van der Waals surface area contributed by atoms with Crippen molar-refractivity contribution in [2.24, 2.45) is 0 Å². The van der Waals surface area contributed by atoms with E-state index in [2.05, 4.69) is 12.1 Å². The molecule has 198 valence electrons. The summed E-state index contributed by atoms with van der Waals surface area (Å²) in [6.07, 6.45) is -0.404. The smallest absolute Gasteiger partial charge is 0.167 e. The fourth-order valence-electron chi connectivity index (χ4n) is 5.03. The number of aliphatic hydroxyl groups excluding tert-OH is 1. The number of hydrogen-bond acceptors (Lipinski definition) is 5. The Bertz CT molecular complexity index is 1650. The highest BCUT2D eigenvalue weighted by atomic mass is 16.5. The van der Waals surface area contributed by atoms with Gasteiger partial charge in [0.05, 0.1) is 25.5 Å². The highest BCUT2D eigenvalue weighted by Gasteiger charge is 2.18. The molecule has 0 saturated heterocycles. The molecule has 0 spiro atoms. The van der Waals surface area contributed by atoms with Crippen molar-refractivity contribution in [3.8, 4) is 17.0 Å². The maximum atomic E-state index is 13.1. The molecular weight excluding hydrogens is 486 g/mol. The van der Waals surface area contributed by atoms with Crippen LogP contribution in [0.3, 0.4) is 0 Å². The number of rotatable bonds is 8. The molecule has 0 bridgehead atoms. The van der Waals surface area contributed by atoms with E-state index in [0.717, 1.165) is 55.8 Å². The Morgan fingerprint density at radius 2 is 1.62 bits per heavy atom. The molecule has 0 radical (unpaired) electrons. The zero-order valence-electron chi connectivity index (χ0n) is 23.0. The van der Waals surface area contributed by atoms with Gasteiger partial charge >= 0.3 is 0 Å². The lowest BCUT2D eigenvalue weighted by molar-refractivity contribution is 0.0992. The number of carbonyl (C=O) groups is 1. The van der Waals surface area contributed by atoms with Gasteiger partial charge in [-0.2, -0.15) is 5.10 Å². The Morgan fingerprint density at radius 3 is 2.28 bits per heavy atom. The lowest BCUT2D eigenvalue weighted by Crippen LogP contribution is -2.05. The third-order valence-electron chi connectivity index (χ3n) is 7.00. The number of ether oxygens (including phenoxy) is 1. The number of aryl methyl sites for hydroxylation is 3. The average molecular weight is 520 g/mol. The van der Waals surface area contributed by atoms with Gasteiger partial charge in [0.1, 0.15) is 11.4 Å². The first-order chi connectivity index (χ1) is 18.7. The van der Waals surface area contributed by atoms with Gasteiger partial charge in [0.25, 0.3) is 0 Å². The Hall–Kier alpha value is -4.29. The van der Waals surface area contributed by atoms with Crippen LogP contribution in [0, 0.1) is 20.8 Å². The van der Waals surface area contributed by atoms with Crippen molar-refractivity contribution in [1.82, 2.24) is 14.8 Å². The van der Waals surface area contributed by atoms with E-state index in [-0.39, 0.29) is 5.78 Å². The molecular formula is C33H33N3O3. The van der Waals surface area contributed by atoms with Gasteiger partial charge < -0.3 is 9.84 Å². The van der Waals surface area contributed by atoms with Crippen molar-refractivity contribution in [2.75, 3.05) is 7.11 Å². The first-order valence-electron chi connectivity index (χ1n) is 13.1. The number of pyridine rings is 1. The van der Waals surface area contributed by atoms with Crippen LogP contribution in [0.2, 0.25) is 0 Å². The molecule has 6 heteroatoms. The van der Waals surface area contributed by atoms with Gasteiger partial charge in [-0.05, 0) is 86.8 Å². The third-order valence-corrected chi connectivity index (χ3v) is 7.00. The second-order valence-corrected chi connectivity index (χ2v) is 10.3. The van der Waals surface area contributed by atoms with E-state index >= 15 is 0 Å². The first kappa shape index (κ1) is 26.3. The van der Waals surface area contributed by atoms with Crippen LogP contribution in [0.15, 0.2) is 72.8 Å². The number of methoxy groups -OCH3 is 1. The highest BCUT2D eigenvalue weighted by Crippen LogP contribution is 2.29. The minimum absolute atomic E-state index is 0.0964. The van der Waals surface area contributed by atoms with Gasteiger partial charge in [0.2, 0.25) is 0 Å². The van der Waals surface area contributed by atoms with Crippen molar-refractivity contribution in [3.05, 3.63) is 112 Å². The molecule has 1 atom stereocenters. The fourth-order valence-corrected chi connectivity index (χ4v) is 5.03. The van der Waals surface area contributed by atoms with Crippen LogP contribution in [-0.4, -0.2) is 32.8 Å². The van der Waals surface area contributed by atoms with Gasteiger partial charge in [-0.1, -0.05) is 41.5 Å². The van der Waals surface area contributed by atoms with E-state index < -0.39 is 6.10 Å². The monoisotopic (exact) mass is 519 g/mol. The summed E-state index contributed by atoms with van der Waals surface area (Å²) < 4.78 is 7.12. The molecule has 6 nitrogen and oxygen atoms in total. The van der Waals surface area contributed by atoms with Crippen LogP contribution in [0.5, 0.6) is 5.75 Å². The van der Waals surface area contributed by atoms with Crippen LogP contribution in [0.25, 0.3) is 22.3 Å². The topological polar surface area (TPSA) is 77.2 Å². The quantitative estimate of drug-likeness (QED) is 0.235. The Kier molecular flexibility index (Phi) is 7.31. The van der Waals surface area contributed by atoms with E-state index in [0.29, 0.717) is 24.3 Å². The Morgan fingerprint density at radius 1 is 0.923 bits per heavy atom. The Balaban J connectivity index is 1.51. The molecule has 2 aromatic heterocycles. The number of hydrogen-bond donors (Lipinski definition) is 1. The summed E-state index contributed by atoms with van der Waals surface area (Å²) in [6.45, 7) is 8.29. The molecule has 1 unspecified atom stereocenters. The minimum atomic E-state index is -0.724.